The van der Waals surface area contributed by atoms with Gasteiger partial charge in [0.15, 0.2) is 11.6 Å². The number of nitrogens with two attached hydrogens (primary N) is 1. The Bertz CT molecular complexity index is 439. The van der Waals surface area contributed by atoms with Crippen LogP contribution in [0, 0.1) is 0 Å². The van der Waals surface area contributed by atoms with Gasteiger partial charge in [-0.15, -0.1) is 0 Å². The van der Waals surface area contributed by atoms with E-state index in [-0.39, 0.29) is 5.82 Å². The minimum absolute atomic E-state index is 0.217. The molecule has 1 aromatic carbocycles. The first-order chi connectivity index (χ1) is 8.22. The molecule has 1 rings (SSSR count). The molecule has 0 aromatic heterocycles. The number of allylic oxidation sites excluding steroid dienone is 1. The van der Waals surface area contributed by atoms with Gasteiger partial charge in [0.1, 0.15) is 12.4 Å². The summed E-state index contributed by atoms with van der Waals surface area (Å²) in [5.41, 5.74) is 6.51. The molecule has 0 saturated carbocycles. The molecular formula is C13H16N2O2. The van der Waals surface area contributed by atoms with Gasteiger partial charge in [-0.3, -0.25) is 0 Å². The summed E-state index contributed by atoms with van der Waals surface area (Å²) in [5.74, 6) is 1.39. The number of hydrogen-bond donors (Lipinski definition) is 1. The molecule has 4 heteroatoms. The third kappa shape index (κ3) is 3.38. The standard InChI is InChI=1S/C13H16N2O2/c1-4-11(13(14)15-2)17-9-10-7-5-6-8-12(10)16-3/h4-8H,1-2,9,14H2,3H3/b13-11+. The lowest BCUT2D eigenvalue weighted by Gasteiger charge is -2.11. The zero-order valence-corrected chi connectivity index (χ0v) is 9.85. The maximum atomic E-state index is 5.59. The summed E-state index contributed by atoms with van der Waals surface area (Å²) in [6.07, 6.45) is 1.50. The maximum absolute atomic E-state index is 5.59. The predicted molar refractivity (Wildman–Crippen MR) is 68.7 cm³/mol. The first-order valence-corrected chi connectivity index (χ1v) is 5.06. The Morgan fingerprint density at radius 3 is 2.76 bits per heavy atom. The average Bonchev–Trinajstić information content (AvgIpc) is 2.39. The first kappa shape index (κ1) is 12.8. The summed E-state index contributed by atoms with van der Waals surface area (Å²) >= 11 is 0. The molecule has 0 heterocycles. The molecule has 0 aliphatic heterocycles. The fraction of sp³-hybridized carbons (Fsp3) is 0.154. The molecule has 0 aliphatic carbocycles. The third-order valence-electron chi connectivity index (χ3n) is 2.18. The van der Waals surface area contributed by atoms with Crippen LogP contribution in [0.5, 0.6) is 5.75 Å². The quantitative estimate of drug-likeness (QED) is 0.465. The van der Waals surface area contributed by atoms with Crippen LogP contribution in [0.2, 0.25) is 0 Å². The smallest absolute Gasteiger partial charge is 0.165 e. The third-order valence-corrected chi connectivity index (χ3v) is 2.18. The van der Waals surface area contributed by atoms with E-state index in [0.29, 0.717) is 12.4 Å². The molecule has 0 aliphatic rings. The van der Waals surface area contributed by atoms with E-state index in [1.807, 2.05) is 24.3 Å². The van der Waals surface area contributed by atoms with Crippen molar-refractivity contribution in [2.45, 2.75) is 6.61 Å². The van der Waals surface area contributed by atoms with Gasteiger partial charge in [0.25, 0.3) is 0 Å². The van der Waals surface area contributed by atoms with Crippen LogP contribution in [0.3, 0.4) is 0 Å². The second-order valence-electron chi connectivity index (χ2n) is 3.21. The van der Waals surface area contributed by atoms with Gasteiger partial charge >= 0.3 is 0 Å². The summed E-state index contributed by atoms with van der Waals surface area (Å²) in [6, 6.07) is 7.59. The van der Waals surface area contributed by atoms with Gasteiger partial charge in [-0.05, 0) is 18.9 Å². The van der Waals surface area contributed by atoms with Crippen molar-refractivity contribution in [1.82, 2.24) is 0 Å². The number of benzene rings is 1. The van der Waals surface area contributed by atoms with Gasteiger partial charge in [0, 0.05) is 5.56 Å². The molecule has 0 radical (unpaired) electrons. The molecule has 0 spiro atoms. The second-order valence-corrected chi connectivity index (χ2v) is 3.21. The molecule has 0 atom stereocenters. The minimum Gasteiger partial charge on any atom is -0.496 e. The number of hydrogen-bond acceptors (Lipinski definition) is 4. The van der Waals surface area contributed by atoms with E-state index in [9.17, 15) is 0 Å². The number of nitrogens with zero attached hydrogens (tertiary/aromatic N) is 1. The zero-order chi connectivity index (χ0) is 12.7. The topological polar surface area (TPSA) is 56.8 Å². The van der Waals surface area contributed by atoms with Crippen LogP contribution in [0.25, 0.3) is 0 Å². The van der Waals surface area contributed by atoms with Crippen molar-refractivity contribution in [3.8, 4) is 5.75 Å². The van der Waals surface area contributed by atoms with E-state index in [1.165, 1.54) is 6.08 Å². The summed E-state index contributed by atoms with van der Waals surface area (Å²) in [5, 5.41) is 0. The van der Waals surface area contributed by atoms with Crippen molar-refractivity contribution < 1.29 is 9.47 Å². The van der Waals surface area contributed by atoms with Crippen molar-refractivity contribution in [3.05, 3.63) is 54.1 Å². The van der Waals surface area contributed by atoms with Crippen molar-refractivity contribution >= 4 is 6.72 Å². The van der Waals surface area contributed by atoms with E-state index in [2.05, 4.69) is 18.3 Å². The van der Waals surface area contributed by atoms with Crippen molar-refractivity contribution in [1.29, 1.82) is 0 Å². The predicted octanol–water partition coefficient (Wildman–Crippen LogP) is 2.23. The Kier molecular flexibility index (Phi) is 4.81. The van der Waals surface area contributed by atoms with Crippen LogP contribution in [0.1, 0.15) is 5.56 Å². The molecule has 0 bridgehead atoms. The highest BCUT2D eigenvalue weighted by atomic mass is 16.5. The zero-order valence-electron chi connectivity index (χ0n) is 9.85. The molecule has 90 valence electrons. The van der Waals surface area contributed by atoms with E-state index in [0.717, 1.165) is 11.3 Å². The van der Waals surface area contributed by atoms with Crippen molar-refractivity contribution in [3.63, 3.8) is 0 Å². The normalized spacial score (nSPS) is 11.4. The molecule has 2 N–H and O–H groups in total. The van der Waals surface area contributed by atoms with Gasteiger partial charge in [0.2, 0.25) is 0 Å². The lowest BCUT2D eigenvalue weighted by Crippen LogP contribution is -2.02. The highest BCUT2D eigenvalue weighted by molar-refractivity contribution is 5.33. The molecule has 0 saturated heterocycles. The second kappa shape index (κ2) is 6.37. The van der Waals surface area contributed by atoms with Gasteiger partial charge < -0.3 is 15.2 Å². The van der Waals surface area contributed by atoms with Gasteiger partial charge in [-0.1, -0.05) is 24.8 Å². The van der Waals surface area contributed by atoms with E-state index >= 15 is 0 Å². The monoisotopic (exact) mass is 232 g/mol. The van der Waals surface area contributed by atoms with Crippen molar-refractivity contribution in [2.24, 2.45) is 10.7 Å². The SMILES string of the molecule is C=C/C(OCc1ccccc1OC)=C(/N)N=C. The maximum Gasteiger partial charge on any atom is 0.165 e. The summed E-state index contributed by atoms with van der Waals surface area (Å²) in [6.45, 7) is 7.27. The number of aliphatic imine (C=N–C) groups is 1. The van der Waals surface area contributed by atoms with Gasteiger partial charge in [-0.25, -0.2) is 4.99 Å². The Labute approximate surface area is 101 Å². The average molecular weight is 232 g/mol. The number of ether oxygens (including phenoxy) is 2. The molecular weight excluding hydrogens is 216 g/mol. The number of methoxy groups -OCH3 is 1. The van der Waals surface area contributed by atoms with Crippen LogP contribution in [-0.2, 0) is 11.3 Å². The van der Waals surface area contributed by atoms with Crippen LogP contribution < -0.4 is 10.5 Å². The lowest BCUT2D eigenvalue weighted by atomic mass is 10.2. The lowest BCUT2D eigenvalue weighted by molar-refractivity contribution is 0.203. The molecule has 4 nitrogen and oxygen atoms in total. The summed E-state index contributed by atoms with van der Waals surface area (Å²) < 4.78 is 10.7. The molecule has 17 heavy (non-hydrogen) atoms. The van der Waals surface area contributed by atoms with Crippen LogP contribution in [0.4, 0.5) is 0 Å². The highest BCUT2D eigenvalue weighted by Crippen LogP contribution is 2.19. The Hall–Kier alpha value is -2.23. The first-order valence-electron chi connectivity index (χ1n) is 5.06. The fourth-order valence-corrected chi connectivity index (χ4v) is 1.29. The van der Waals surface area contributed by atoms with E-state index < -0.39 is 0 Å². The van der Waals surface area contributed by atoms with Crippen molar-refractivity contribution in [2.75, 3.05) is 7.11 Å². The molecule has 0 fully saturated rings. The summed E-state index contributed by atoms with van der Waals surface area (Å²) in [4.78, 5) is 3.59. The van der Waals surface area contributed by atoms with Gasteiger partial charge in [-0.2, -0.15) is 0 Å². The number of para-hydroxylation sites is 1. The summed E-state index contributed by atoms with van der Waals surface area (Å²) in [7, 11) is 1.61. The highest BCUT2D eigenvalue weighted by Gasteiger charge is 2.04. The molecule has 1 aromatic rings. The number of rotatable bonds is 6. The van der Waals surface area contributed by atoms with Crippen LogP contribution >= 0.6 is 0 Å². The van der Waals surface area contributed by atoms with Crippen LogP contribution in [-0.4, -0.2) is 13.8 Å². The Morgan fingerprint density at radius 1 is 1.47 bits per heavy atom. The molecule has 0 amide bonds. The molecule has 0 unspecified atom stereocenters. The largest absolute Gasteiger partial charge is 0.496 e. The van der Waals surface area contributed by atoms with E-state index in [1.54, 1.807) is 7.11 Å². The Morgan fingerprint density at radius 2 is 2.18 bits per heavy atom. The van der Waals surface area contributed by atoms with E-state index in [4.69, 9.17) is 15.2 Å². The van der Waals surface area contributed by atoms with Gasteiger partial charge in [0.05, 0.1) is 7.11 Å². The Balaban J connectivity index is 2.79. The fourth-order valence-electron chi connectivity index (χ4n) is 1.29. The minimum atomic E-state index is 0.217. The van der Waals surface area contributed by atoms with Crippen LogP contribution in [0.15, 0.2) is 53.5 Å².